The molecule has 200 valence electrons. The highest BCUT2D eigenvalue weighted by molar-refractivity contribution is 6.23. The second-order valence-electron chi connectivity index (χ2n) is 10.0. The number of pyridine rings is 1. The third-order valence-electron chi connectivity index (χ3n) is 7.88. The average molecular weight is 539 g/mol. The third-order valence-corrected chi connectivity index (χ3v) is 7.88. The van der Waals surface area contributed by atoms with Crippen molar-refractivity contribution in [2.24, 2.45) is 11.8 Å². The van der Waals surface area contributed by atoms with Crippen LogP contribution >= 0.6 is 0 Å². The smallest absolute Gasteiger partial charge is 0.433 e. The van der Waals surface area contributed by atoms with Crippen LogP contribution in [0.15, 0.2) is 42.7 Å². The molecule has 39 heavy (non-hydrogen) atoms. The van der Waals surface area contributed by atoms with Crippen LogP contribution in [-0.2, 0) is 20.5 Å². The maximum atomic E-state index is 13.8. The lowest BCUT2D eigenvalue weighted by Crippen LogP contribution is -2.49. The molecule has 5 heterocycles. The summed E-state index contributed by atoms with van der Waals surface area (Å²) in [5.41, 5.74) is -3.20. The number of amides is 2. The molecule has 3 aliphatic heterocycles. The Morgan fingerprint density at radius 2 is 1.97 bits per heavy atom. The van der Waals surface area contributed by atoms with E-state index in [1.807, 2.05) is 0 Å². The van der Waals surface area contributed by atoms with Gasteiger partial charge in [-0.05, 0) is 25.1 Å². The minimum atomic E-state index is -4.68. The van der Waals surface area contributed by atoms with Gasteiger partial charge in [0.25, 0.3) is 0 Å². The van der Waals surface area contributed by atoms with E-state index in [1.165, 1.54) is 6.07 Å². The fourth-order valence-corrected chi connectivity index (χ4v) is 6.10. The van der Waals surface area contributed by atoms with Crippen LogP contribution in [0.2, 0.25) is 0 Å². The number of aromatic nitrogens is 3. The van der Waals surface area contributed by atoms with Crippen LogP contribution in [-0.4, -0.2) is 55.8 Å². The van der Waals surface area contributed by atoms with Crippen molar-refractivity contribution in [3.05, 3.63) is 54.0 Å². The van der Waals surface area contributed by atoms with E-state index in [4.69, 9.17) is 9.47 Å². The molecule has 6 rings (SSSR count). The maximum Gasteiger partial charge on any atom is 0.433 e. The van der Waals surface area contributed by atoms with Crippen LogP contribution in [0.4, 0.5) is 19.0 Å². The summed E-state index contributed by atoms with van der Waals surface area (Å²) in [5.74, 6) is -3.38. The quantitative estimate of drug-likeness (QED) is 0.485. The number of halogens is 3. The number of imide groups is 1. The molecule has 5 atom stereocenters. The lowest BCUT2D eigenvalue weighted by atomic mass is 9.66. The lowest BCUT2D eigenvalue weighted by Gasteiger charge is -2.33. The van der Waals surface area contributed by atoms with Crippen molar-refractivity contribution in [1.82, 2.24) is 15.0 Å². The predicted molar refractivity (Wildman–Crippen MR) is 126 cm³/mol. The SMILES string of the molecule is CC12OC(CCOc3cc(C(F)(F)F)ncn3)(CC1O)C1C(=O)N(c3ccc4cccc(C#N)c4n3)C(=O)C12. The lowest BCUT2D eigenvalue weighted by molar-refractivity contribution is -0.141. The summed E-state index contributed by atoms with van der Waals surface area (Å²) >= 11 is 0. The minimum absolute atomic E-state index is 0.00274. The summed E-state index contributed by atoms with van der Waals surface area (Å²) < 4.78 is 50.6. The maximum absolute atomic E-state index is 13.8. The Morgan fingerprint density at radius 3 is 2.72 bits per heavy atom. The largest absolute Gasteiger partial charge is 0.477 e. The Kier molecular flexibility index (Phi) is 5.43. The van der Waals surface area contributed by atoms with E-state index in [-0.39, 0.29) is 36.7 Å². The Labute approximate surface area is 219 Å². The van der Waals surface area contributed by atoms with Crippen molar-refractivity contribution < 1.29 is 37.3 Å². The van der Waals surface area contributed by atoms with Crippen LogP contribution in [0, 0.1) is 23.2 Å². The predicted octanol–water partition coefficient (Wildman–Crippen LogP) is 2.78. The fourth-order valence-electron chi connectivity index (χ4n) is 6.10. The molecule has 0 saturated carbocycles. The van der Waals surface area contributed by atoms with Gasteiger partial charge in [-0.3, -0.25) is 9.59 Å². The van der Waals surface area contributed by atoms with Gasteiger partial charge in [0.05, 0.1) is 41.2 Å². The number of anilines is 1. The molecule has 3 aliphatic rings. The zero-order chi connectivity index (χ0) is 27.7. The molecule has 1 N–H and O–H groups in total. The van der Waals surface area contributed by atoms with Crippen LogP contribution in [0.5, 0.6) is 5.88 Å². The molecule has 0 spiro atoms. The molecular formula is C26H20F3N5O5. The zero-order valence-corrected chi connectivity index (χ0v) is 20.3. The number of alkyl halides is 3. The van der Waals surface area contributed by atoms with E-state index in [0.717, 1.165) is 11.2 Å². The molecule has 10 nitrogen and oxygen atoms in total. The molecule has 2 aromatic heterocycles. The standard InChI is InChI=1S/C26H20F3N5O5/c1-24-16(35)10-25(39-24,7-8-38-18-9-15(26(27,28)29)31-12-32-18)20-19(24)22(36)34(23(20)37)17-6-5-13-3-2-4-14(11-30)21(13)33-17/h2-6,9,12,16,19-20,35H,7-8,10H2,1H3. The summed E-state index contributed by atoms with van der Waals surface area (Å²) in [7, 11) is 0. The number of hydrogen-bond donors (Lipinski definition) is 1. The highest BCUT2D eigenvalue weighted by atomic mass is 19.4. The van der Waals surface area contributed by atoms with Crippen molar-refractivity contribution in [2.45, 2.75) is 43.2 Å². The monoisotopic (exact) mass is 539 g/mol. The normalized spacial score (nSPS) is 29.6. The van der Waals surface area contributed by atoms with Gasteiger partial charge in [0.2, 0.25) is 17.7 Å². The van der Waals surface area contributed by atoms with Gasteiger partial charge in [-0.2, -0.15) is 18.4 Å². The summed E-state index contributed by atoms with van der Waals surface area (Å²) in [6.45, 7) is 1.38. The number of fused-ring (bicyclic) bond motifs is 6. The number of aliphatic hydroxyl groups excluding tert-OH is 1. The summed E-state index contributed by atoms with van der Waals surface area (Å²) in [5, 5.41) is 21.0. The first kappa shape index (κ1) is 25.1. The first-order valence-corrected chi connectivity index (χ1v) is 12.1. The zero-order valence-electron chi connectivity index (χ0n) is 20.3. The summed E-state index contributed by atoms with van der Waals surface area (Å²) in [4.78, 5) is 39.7. The molecular weight excluding hydrogens is 519 g/mol. The summed E-state index contributed by atoms with van der Waals surface area (Å²) in [6, 6.07) is 10.9. The van der Waals surface area contributed by atoms with Crippen molar-refractivity contribution in [1.29, 1.82) is 5.26 Å². The highest BCUT2D eigenvalue weighted by Crippen LogP contribution is 2.62. The molecule has 2 bridgehead atoms. The van der Waals surface area contributed by atoms with E-state index < -0.39 is 52.8 Å². The molecule has 2 amide bonds. The van der Waals surface area contributed by atoms with Gasteiger partial charge >= 0.3 is 6.18 Å². The van der Waals surface area contributed by atoms with E-state index in [0.29, 0.717) is 17.0 Å². The Hall–Kier alpha value is -4.15. The number of rotatable bonds is 5. The van der Waals surface area contributed by atoms with Crippen LogP contribution in [0.3, 0.4) is 0 Å². The first-order valence-electron chi connectivity index (χ1n) is 12.1. The van der Waals surface area contributed by atoms with E-state index in [9.17, 15) is 33.1 Å². The second kappa shape index (κ2) is 8.42. The number of para-hydroxylation sites is 1. The number of carbonyl (C=O) groups is 2. The molecule has 0 aliphatic carbocycles. The number of hydrogen-bond acceptors (Lipinski definition) is 9. The molecule has 1 aromatic carbocycles. The average Bonchev–Trinajstić information content (AvgIpc) is 3.43. The van der Waals surface area contributed by atoms with Gasteiger partial charge in [0.1, 0.15) is 23.8 Å². The molecule has 3 saturated heterocycles. The van der Waals surface area contributed by atoms with Gasteiger partial charge in [0.15, 0.2) is 5.69 Å². The van der Waals surface area contributed by atoms with Crippen molar-refractivity contribution in [3.8, 4) is 11.9 Å². The van der Waals surface area contributed by atoms with E-state index in [2.05, 4.69) is 21.0 Å². The summed E-state index contributed by atoms with van der Waals surface area (Å²) in [6.07, 6.45) is -4.98. The number of ether oxygens (including phenoxy) is 2. The molecule has 13 heteroatoms. The topological polar surface area (TPSA) is 139 Å². The Balaban J connectivity index is 1.30. The number of carbonyl (C=O) groups excluding carboxylic acids is 2. The van der Waals surface area contributed by atoms with Crippen LogP contribution in [0.1, 0.15) is 31.0 Å². The van der Waals surface area contributed by atoms with Gasteiger partial charge in [-0.15, -0.1) is 0 Å². The van der Waals surface area contributed by atoms with Crippen molar-refractivity contribution >= 4 is 28.5 Å². The first-order chi connectivity index (χ1) is 18.5. The third kappa shape index (κ3) is 3.66. The van der Waals surface area contributed by atoms with Crippen molar-refractivity contribution in [2.75, 3.05) is 11.5 Å². The van der Waals surface area contributed by atoms with Gasteiger partial charge in [-0.25, -0.2) is 19.9 Å². The number of nitriles is 1. The minimum Gasteiger partial charge on any atom is -0.477 e. The Morgan fingerprint density at radius 1 is 1.21 bits per heavy atom. The van der Waals surface area contributed by atoms with Crippen molar-refractivity contribution in [3.63, 3.8) is 0 Å². The molecule has 3 aromatic rings. The van der Waals surface area contributed by atoms with E-state index >= 15 is 0 Å². The number of aliphatic hydroxyl groups is 1. The molecule has 0 radical (unpaired) electrons. The highest BCUT2D eigenvalue weighted by Gasteiger charge is 2.77. The van der Waals surface area contributed by atoms with Gasteiger partial charge in [-0.1, -0.05) is 12.1 Å². The number of nitrogens with zero attached hydrogens (tertiary/aromatic N) is 5. The van der Waals surface area contributed by atoms with Crippen LogP contribution < -0.4 is 9.64 Å². The second-order valence-corrected chi connectivity index (χ2v) is 10.0. The Bertz CT molecular complexity index is 1580. The number of benzene rings is 1. The van der Waals surface area contributed by atoms with Crippen LogP contribution in [0.25, 0.3) is 10.9 Å². The van der Waals surface area contributed by atoms with Gasteiger partial charge in [0, 0.05) is 24.3 Å². The fraction of sp³-hybridized carbons (Fsp3) is 0.385. The van der Waals surface area contributed by atoms with E-state index in [1.54, 1.807) is 31.2 Å². The molecule has 3 fully saturated rings. The molecule has 5 unspecified atom stereocenters. The van der Waals surface area contributed by atoms with Gasteiger partial charge < -0.3 is 14.6 Å².